The fourth-order valence-corrected chi connectivity index (χ4v) is 2.43. The number of hydrogen-bond donors (Lipinski definition) is 2. The predicted octanol–water partition coefficient (Wildman–Crippen LogP) is 2.78. The summed E-state index contributed by atoms with van der Waals surface area (Å²) in [5.41, 5.74) is 1.65. The number of aliphatic hydroxyl groups is 1. The lowest BCUT2D eigenvalue weighted by atomic mass is 10.1. The largest absolute Gasteiger partial charge is 0.394 e. The van der Waals surface area contributed by atoms with E-state index < -0.39 is 0 Å². The fraction of sp³-hybridized carbons (Fsp3) is 0.188. The van der Waals surface area contributed by atoms with Gasteiger partial charge in [-0.3, -0.25) is 4.79 Å². The molecule has 104 valence electrons. The maximum absolute atomic E-state index is 12.2. The van der Waals surface area contributed by atoms with Gasteiger partial charge < -0.3 is 10.4 Å². The topological polar surface area (TPSA) is 49.3 Å². The molecule has 3 nitrogen and oxygen atoms in total. The minimum Gasteiger partial charge on any atom is -0.394 e. The monoisotopic (exact) mass is 333 g/mol. The van der Waals surface area contributed by atoms with E-state index in [4.69, 9.17) is 0 Å². The lowest BCUT2D eigenvalue weighted by Gasteiger charge is -2.17. The molecular weight excluding hydrogens is 318 g/mol. The van der Waals surface area contributed by atoms with Crippen molar-refractivity contribution in [3.63, 3.8) is 0 Å². The number of hydrogen-bond acceptors (Lipinski definition) is 2. The maximum Gasteiger partial charge on any atom is 0.252 e. The predicted molar refractivity (Wildman–Crippen MR) is 82.6 cm³/mol. The van der Waals surface area contributed by atoms with E-state index in [0.717, 1.165) is 10.0 Å². The van der Waals surface area contributed by atoms with Crippen LogP contribution in [0.2, 0.25) is 0 Å². The van der Waals surface area contributed by atoms with Crippen LogP contribution < -0.4 is 5.32 Å². The van der Waals surface area contributed by atoms with Crippen molar-refractivity contribution < 1.29 is 9.90 Å². The molecule has 0 aromatic heterocycles. The molecule has 2 N–H and O–H groups in total. The van der Waals surface area contributed by atoms with Gasteiger partial charge in [-0.25, -0.2) is 0 Å². The molecule has 0 heterocycles. The molecule has 0 aliphatic rings. The molecule has 0 saturated carbocycles. The molecular formula is C16H16BrNO2. The Hall–Kier alpha value is -1.65. The van der Waals surface area contributed by atoms with Crippen molar-refractivity contribution >= 4 is 21.8 Å². The lowest BCUT2D eigenvalue weighted by molar-refractivity contribution is 0.0915. The summed E-state index contributed by atoms with van der Waals surface area (Å²) in [5, 5.41) is 12.3. The van der Waals surface area contributed by atoms with E-state index in [9.17, 15) is 9.90 Å². The first kappa shape index (κ1) is 14.8. The molecule has 0 aliphatic carbocycles. The zero-order valence-corrected chi connectivity index (χ0v) is 12.5. The summed E-state index contributed by atoms with van der Waals surface area (Å²) in [4.78, 5) is 12.2. The Morgan fingerprint density at radius 1 is 1.10 bits per heavy atom. The summed E-state index contributed by atoms with van der Waals surface area (Å²) < 4.78 is 0.744. The first-order chi connectivity index (χ1) is 9.70. The van der Waals surface area contributed by atoms with E-state index in [1.54, 1.807) is 6.07 Å². The number of carbonyl (C=O) groups is 1. The highest BCUT2D eigenvalue weighted by atomic mass is 79.9. The Labute approximate surface area is 126 Å². The Kier molecular flexibility index (Phi) is 5.32. The average Bonchev–Trinajstić information content (AvgIpc) is 2.48. The van der Waals surface area contributed by atoms with Crippen LogP contribution in [-0.4, -0.2) is 23.7 Å². The van der Waals surface area contributed by atoms with E-state index in [1.807, 2.05) is 48.5 Å². The van der Waals surface area contributed by atoms with Gasteiger partial charge in [-0.1, -0.05) is 42.5 Å². The second-order valence-electron chi connectivity index (χ2n) is 4.52. The summed E-state index contributed by atoms with van der Waals surface area (Å²) in [6.45, 7) is -0.0922. The number of amides is 1. The minimum absolute atomic E-state index is 0.0922. The minimum atomic E-state index is -0.294. The van der Waals surface area contributed by atoms with Gasteiger partial charge in [-0.15, -0.1) is 0 Å². The first-order valence-electron chi connectivity index (χ1n) is 6.41. The van der Waals surface area contributed by atoms with Crippen LogP contribution in [0.1, 0.15) is 15.9 Å². The van der Waals surface area contributed by atoms with Crippen molar-refractivity contribution in [3.8, 4) is 0 Å². The molecule has 0 spiro atoms. The Morgan fingerprint density at radius 2 is 1.75 bits per heavy atom. The SMILES string of the molecule is O=C(N[C@H](CO)Cc1ccccc1)c1ccccc1Br. The third-order valence-electron chi connectivity index (χ3n) is 3.00. The van der Waals surface area contributed by atoms with Gasteiger partial charge in [0.2, 0.25) is 0 Å². The van der Waals surface area contributed by atoms with E-state index in [1.165, 1.54) is 0 Å². The maximum atomic E-state index is 12.2. The lowest BCUT2D eigenvalue weighted by Crippen LogP contribution is -2.39. The summed E-state index contributed by atoms with van der Waals surface area (Å²) in [6.07, 6.45) is 0.605. The quantitative estimate of drug-likeness (QED) is 0.883. The highest BCUT2D eigenvalue weighted by molar-refractivity contribution is 9.10. The number of rotatable bonds is 5. The van der Waals surface area contributed by atoms with Crippen LogP contribution in [0.4, 0.5) is 0 Å². The molecule has 0 radical (unpaired) electrons. The third kappa shape index (κ3) is 3.92. The van der Waals surface area contributed by atoms with E-state index >= 15 is 0 Å². The normalized spacial score (nSPS) is 11.9. The summed E-state index contributed by atoms with van der Waals surface area (Å²) in [6, 6.07) is 16.7. The molecule has 2 rings (SSSR count). The van der Waals surface area contributed by atoms with Crippen molar-refractivity contribution in [2.24, 2.45) is 0 Å². The number of benzene rings is 2. The molecule has 20 heavy (non-hydrogen) atoms. The van der Waals surface area contributed by atoms with Gasteiger partial charge in [-0.05, 0) is 40.0 Å². The molecule has 0 aliphatic heterocycles. The van der Waals surface area contributed by atoms with Crippen molar-refractivity contribution in [2.75, 3.05) is 6.61 Å². The van der Waals surface area contributed by atoms with Crippen LogP contribution in [0.25, 0.3) is 0 Å². The third-order valence-corrected chi connectivity index (χ3v) is 3.69. The van der Waals surface area contributed by atoms with E-state index in [-0.39, 0.29) is 18.6 Å². The second-order valence-corrected chi connectivity index (χ2v) is 5.38. The number of halogens is 1. The molecule has 4 heteroatoms. The molecule has 0 unspecified atom stereocenters. The van der Waals surface area contributed by atoms with E-state index in [0.29, 0.717) is 12.0 Å². The highest BCUT2D eigenvalue weighted by Crippen LogP contribution is 2.16. The van der Waals surface area contributed by atoms with Gasteiger partial charge in [0, 0.05) is 4.47 Å². The van der Waals surface area contributed by atoms with Gasteiger partial charge in [0.15, 0.2) is 0 Å². The molecule has 0 fully saturated rings. The van der Waals surface area contributed by atoms with Crippen molar-refractivity contribution in [3.05, 3.63) is 70.2 Å². The summed E-state index contributed by atoms with van der Waals surface area (Å²) >= 11 is 3.35. The Morgan fingerprint density at radius 3 is 2.40 bits per heavy atom. The van der Waals surface area contributed by atoms with Crippen LogP contribution in [0.5, 0.6) is 0 Å². The zero-order valence-electron chi connectivity index (χ0n) is 10.9. The van der Waals surface area contributed by atoms with Crippen molar-refractivity contribution in [1.82, 2.24) is 5.32 Å². The van der Waals surface area contributed by atoms with Crippen LogP contribution in [0.3, 0.4) is 0 Å². The van der Waals surface area contributed by atoms with Crippen LogP contribution in [-0.2, 0) is 6.42 Å². The summed E-state index contributed by atoms with van der Waals surface area (Å²) in [5.74, 6) is -0.188. The smallest absolute Gasteiger partial charge is 0.252 e. The van der Waals surface area contributed by atoms with Gasteiger partial charge in [0.05, 0.1) is 18.2 Å². The van der Waals surface area contributed by atoms with Gasteiger partial charge in [0.25, 0.3) is 5.91 Å². The second kappa shape index (κ2) is 7.22. The van der Waals surface area contributed by atoms with Crippen LogP contribution in [0, 0.1) is 0 Å². The molecule has 1 amide bonds. The zero-order chi connectivity index (χ0) is 14.4. The number of carbonyl (C=O) groups excluding carboxylic acids is 1. The fourth-order valence-electron chi connectivity index (χ4n) is 1.97. The standard InChI is InChI=1S/C16H16BrNO2/c17-15-9-5-4-8-14(15)16(20)18-13(11-19)10-12-6-2-1-3-7-12/h1-9,13,19H,10-11H2,(H,18,20)/t13-/m0/s1. The molecule has 2 aromatic rings. The average molecular weight is 334 g/mol. The Balaban J connectivity index is 2.03. The first-order valence-corrected chi connectivity index (χ1v) is 7.20. The van der Waals surface area contributed by atoms with Crippen molar-refractivity contribution in [1.29, 1.82) is 0 Å². The molecule has 0 saturated heterocycles. The van der Waals surface area contributed by atoms with Gasteiger partial charge in [0.1, 0.15) is 0 Å². The molecule has 2 aromatic carbocycles. The van der Waals surface area contributed by atoms with Crippen molar-refractivity contribution in [2.45, 2.75) is 12.5 Å². The van der Waals surface area contributed by atoms with Gasteiger partial charge >= 0.3 is 0 Å². The summed E-state index contributed by atoms with van der Waals surface area (Å²) in [7, 11) is 0. The van der Waals surface area contributed by atoms with E-state index in [2.05, 4.69) is 21.2 Å². The van der Waals surface area contributed by atoms with Crippen LogP contribution in [0.15, 0.2) is 59.1 Å². The van der Waals surface area contributed by atoms with Gasteiger partial charge in [-0.2, -0.15) is 0 Å². The number of aliphatic hydroxyl groups excluding tert-OH is 1. The molecule has 1 atom stereocenters. The van der Waals surface area contributed by atoms with Crippen LogP contribution >= 0.6 is 15.9 Å². The highest BCUT2D eigenvalue weighted by Gasteiger charge is 2.15. The Bertz CT molecular complexity index is 572. The number of nitrogens with one attached hydrogen (secondary N) is 1. The molecule has 0 bridgehead atoms.